The number of imidazole rings is 1. The van der Waals surface area contributed by atoms with Gasteiger partial charge < -0.3 is 19.2 Å². The highest BCUT2D eigenvalue weighted by Crippen LogP contribution is 2.29. The van der Waals surface area contributed by atoms with E-state index in [1.165, 1.54) is 40.0 Å². The minimum atomic E-state index is -0.975. The molecule has 0 bridgehead atoms. The van der Waals surface area contributed by atoms with Gasteiger partial charge in [-0.3, -0.25) is 24.5 Å². The van der Waals surface area contributed by atoms with E-state index in [0.717, 1.165) is 5.56 Å². The fourth-order valence-electron chi connectivity index (χ4n) is 3.84. The third-order valence-electron chi connectivity index (χ3n) is 5.43. The van der Waals surface area contributed by atoms with Gasteiger partial charge in [0, 0.05) is 37.3 Å². The number of nitrogens with one attached hydrogen (secondary N) is 1. The van der Waals surface area contributed by atoms with Crippen molar-refractivity contribution in [2.75, 3.05) is 0 Å². The Labute approximate surface area is 185 Å². The fourth-order valence-corrected chi connectivity index (χ4v) is 3.84. The zero-order chi connectivity index (χ0) is 23.5. The highest BCUT2D eigenvalue weighted by atomic mass is 16.6. The van der Waals surface area contributed by atoms with Crippen LogP contribution >= 0.6 is 0 Å². The molecule has 4 aromatic rings. The molecule has 0 aliphatic carbocycles. The standard InChI is InChI=1S/C22H19N5O6/c28-20(29)7-6-15(14-4-2-1-3-5-14)12-26-17-11-18(25-9-8-23-13-25)19(27(32)33)10-16(17)24-21(30)22(26)31/h1-5,8-11,13,15H,6-7,12H2,(H,24,30)(H,28,29). The van der Waals surface area contributed by atoms with Crippen LogP contribution in [0, 0.1) is 10.1 Å². The van der Waals surface area contributed by atoms with E-state index in [9.17, 15) is 29.6 Å². The monoisotopic (exact) mass is 449 g/mol. The van der Waals surface area contributed by atoms with Crippen LogP contribution in [0.3, 0.4) is 0 Å². The molecule has 0 aliphatic rings. The molecule has 33 heavy (non-hydrogen) atoms. The quantitative estimate of drug-likeness (QED) is 0.238. The highest BCUT2D eigenvalue weighted by molar-refractivity contribution is 5.82. The molecule has 2 N–H and O–H groups in total. The van der Waals surface area contributed by atoms with Crippen molar-refractivity contribution >= 4 is 22.7 Å². The Balaban J connectivity index is 1.91. The number of rotatable bonds is 8. The Kier molecular flexibility index (Phi) is 5.85. The van der Waals surface area contributed by atoms with Gasteiger partial charge in [0.2, 0.25) is 0 Å². The van der Waals surface area contributed by atoms with Gasteiger partial charge in [0.05, 0.1) is 22.3 Å². The van der Waals surface area contributed by atoms with Gasteiger partial charge in [0.15, 0.2) is 0 Å². The van der Waals surface area contributed by atoms with Crippen LogP contribution in [-0.4, -0.2) is 35.1 Å². The summed E-state index contributed by atoms with van der Waals surface area (Å²) in [7, 11) is 0. The Hall–Kier alpha value is -4.54. The molecule has 168 valence electrons. The number of fused-ring (bicyclic) bond motifs is 1. The third-order valence-corrected chi connectivity index (χ3v) is 5.43. The lowest BCUT2D eigenvalue weighted by atomic mass is 9.94. The van der Waals surface area contributed by atoms with Gasteiger partial charge in [-0.2, -0.15) is 0 Å². The number of nitrogens with zero attached hydrogens (tertiary/aromatic N) is 4. The van der Waals surface area contributed by atoms with Crippen molar-refractivity contribution in [3.05, 3.63) is 97.6 Å². The molecular formula is C22H19N5O6. The van der Waals surface area contributed by atoms with Crippen molar-refractivity contribution in [2.24, 2.45) is 0 Å². The minimum Gasteiger partial charge on any atom is -0.481 e. The number of benzene rings is 2. The summed E-state index contributed by atoms with van der Waals surface area (Å²) in [6.45, 7) is 0.0255. The summed E-state index contributed by atoms with van der Waals surface area (Å²) in [5, 5.41) is 20.8. The van der Waals surface area contributed by atoms with Crippen LogP contribution in [-0.2, 0) is 11.3 Å². The Morgan fingerprint density at radius 1 is 1.21 bits per heavy atom. The van der Waals surface area contributed by atoms with Crippen LogP contribution in [0.5, 0.6) is 0 Å². The number of hydrogen-bond donors (Lipinski definition) is 2. The van der Waals surface area contributed by atoms with Gasteiger partial charge in [-0.15, -0.1) is 0 Å². The van der Waals surface area contributed by atoms with E-state index in [-0.39, 0.29) is 47.7 Å². The lowest BCUT2D eigenvalue weighted by molar-refractivity contribution is -0.384. The van der Waals surface area contributed by atoms with Crippen molar-refractivity contribution in [2.45, 2.75) is 25.3 Å². The van der Waals surface area contributed by atoms with Crippen molar-refractivity contribution in [1.29, 1.82) is 0 Å². The normalized spacial score (nSPS) is 12.0. The smallest absolute Gasteiger partial charge is 0.316 e. The number of hydrogen-bond acceptors (Lipinski definition) is 6. The van der Waals surface area contributed by atoms with E-state index >= 15 is 0 Å². The topological polar surface area (TPSA) is 153 Å². The molecular weight excluding hydrogens is 430 g/mol. The molecule has 4 rings (SSSR count). The van der Waals surface area contributed by atoms with Gasteiger partial charge in [0.25, 0.3) is 5.69 Å². The summed E-state index contributed by atoms with van der Waals surface area (Å²) in [6.07, 6.45) is 4.50. The van der Waals surface area contributed by atoms with Crippen molar-refractivity contribution in [3.8, 4) is 5.69 Å². The van der Waals surface area contributed by atoms with E-state index in [4.69, 9.17) is 0 Å². The maximum absolute atomic E-state index is 12.9. The summed E-state index contributed by atoms with van der Waals surface area (Å²) in [4.78, 5) is 53.8. The second-order valence-corrected chi connectivity index (χ2v) is 7.50. The first kappa shape index (κ1) is 21.7. The maximum atomic E-state index is 12.9. The van der Waals surface area contributed by atoms with E-state index in [1.54, 1.807) is 0 Å². The molecule has 0 saturated carbocycles. The van der Waals surface area contributed by atoms with Crippen LogP contribution < -0.4 is 11.1 Å². The molecule has 0 radical (unpaired) electrons. The molecule has 0 spiro atoms. The molecule has 11 nitrogen and oxygen atoms in total. The predicted molar refractivity (Wildman–Crippen MR) is 119 cm³/mol. The number of nitro groups is 1. The first-order chi connectivity index (χ1) is 15.8. The second-order valence-electron chi connectivity index (χ2n) is 7.50. The molecule has 0 fully saturated rings. The lowest BCUT2D eigenvalue weighted by Crippen LogP contribution is -2.37. The maximum Gasteiger partial charge on any atom is 0.316 e. The zero-order valence-corrected chi connectivity index (χ0v) is 17.2. The number of carboxylic acid groups (broad SMARTS) is 1. The average Bonchev–Trinajstić information content (AvgIpc) is 3.33. The van der Waals surface area contributed by atoms with Gasteiger partial charge in [-0.1, -0.05) is 30.3 Å². The number of H-pyrrole nitrogens is 1. The largest absolute Gasteiger partial charge is 0.481 e. The minimum absolute atomic E-state index is 0.0255. The summed E-state index contributed by atoms with van der Waals surface area (Å²) in [5.41, 5.74) is -0.624. The van der Waals surface area contributed by atoms with Crippen LogP contribution in [0.2, 0.25) is 0 Å². The molecule has 0 aliphatic heterocycles. The third kappa shape index (κ3) is 4.42. The van der Waals surface area contributed by atoms with E-state index in [2.05, 4.69) is 9.97 Å². The predicted octanol–water partition coefficient (Wildman–Crippen LogP) is 2.43. The van der Waals surface area contributed by atoms with Gasteiger partial charge in [0.1, 0.15) is 5.69 Å². The number of carboxylic acids is 1. The molecule has 1 atom stereocenters. The summed E-state index contributed by atoms with van der Waals surface area (Å²) < 4.78 is 2.69. The first-order valence-corrected chi connectivity index (χ1v) is 10.1. The number of aromatic amines is 1. The summed E-state index contributed by atoms with van der Waals surface area (Å²) >= 11 is 0. The summed E-state index contributed by atoms with van der Waals surface area (Å²) in [6, 6.07) is 11.7. The number of aromatic nitrogens is 4. The van der Waals surface area contributed by atoms with Crippen molar-refractivity contribution in [3.63, 3.8) is 0 Å². The highest BCUT2D eigenvalue weighted by Gasteiger charge is 2.22. The number of nitro benzene ring substituents is 1. The fraction of sp³-hybridized carbons (Fsp3) is 0.182. The van der Waals surface area contributed by atoms with Gasteiger partial charge in [-0.25, -0.2) is 4.98 Å². The molecule has 0 saturated heterocycles. The van der Waals surface area contributed by atoms with E-state index in [0.29, 0.717) is 0 Å². The summed E-state index contributed by atoms with van der Waals surface area (Å²) in [5.74, 6) is -1.35. The number of aliphatic carboxylic acids is 1. The Morgan fingerprint density at radius 2 is 1.97 bits per heavy atom. The first-order valence-electron chi connectivity index (χ1n) is 10.1. The zero-order valence-electron chi connectivity index (χ0n) is 17.2. The molecule has 2 heterocycles. The van der Waals surface area contributed by atoms with Crippen LogP contribution in [0.15, 0.2) is 70.8 Å². The molecule has 0 amide bonds. The van der Waals surface area contributed by atoms with Gasteiger partial charge in [-0.05, 0) is 18.1 Å². The van der Waals surface area contributed by atoms with E-state index in [1.807, 2.05) is 30.3 Å². The Morgan fingerprint density at radius 3 is 2.61 bits per heavy atom. The molecule has 1 unspecified atom stereocenters. The van der Waals surface area contributed by atoms with Crippen molar-refractivity contribution in [1.82, 2.24) is 19.1 Å². The lowest BCUT2D eigenvalue weighted by Gasteiger charge is -2.20. The SMILES string of the molecule is O=C(O)CCC(Cn1c(=O)c(=O)[nH]c2cc([N+](=O)[O-])c(-n3ccnc3)cc21)c1ccccc1. The van der Waals surface area contributed by atoms with E-state index < -0.39 is 22.0 Å². The Bertz CT molecular complexity index is 1440. The van der Waals surface area contributed by atoms with Crippen LogP contribution in [0.25, 0.3) is 16.7 Å². The van der Waals surface area contributed by atoms with Crippen LogP contribution in [0.1, 0.15) is 24.3 Å². The number of carbonyl (C=O) groups is 1. The van der Waals surface area contributed by atoms with Gasteiger partial charge >= 0.3 is 17.1 Å². The molecule has 2 aromatic heterocycles. The average molecular weight is 449 g/mol. The molecule has 2 aromatic carbocycles. The second kappa shape index (κ2) is 8.91. The van der Waals surface area contributed by atoms with Crippen LogP contribution in [0.4, 0.5) is 5.69 Å². The van der Waals surface area contributed by atoms with Crippen molar-refractivity contribution < 1.29 is 14.8 Å². The molecule has 11 heteroatoms.